The molecule has 9 nitrogen and oxygen atoms in total. The number of hydrogen-bond acceptors (Lipinski definition) is 6. The van der Waals surface area contributed by atoms with Gasteiger partial charge in [-0.25, -0.2) is 9.55 Å². The molecule has 0 aliphatic heterocycles. The Bertz CT molecular complexity index is 1170. The smallest absolute Gasteiger partial charge is 0.342 e. The third-order valence-corrected chi connectivity index (χ3v) is 4.31. The number of rotatable bonds is 5. The van der Waals surface area contributed by atoms with E-state index in [1.807, 2.05) is 6.92 Å². The van der Waals surface area contributed by atoms with Crippen LogP contribution in [0.25, 0.3) is 23.1 Å². The summed E-state index contributed by atoms with van der Waals surface area (Å²) in [4.78, 5) is 39.1. The summed E-state index contributed by atoms with van der Waals surface area (Å²) in [6.07, 6.45) is 4.08. The van der Waals surface area contributed by atoms with Gasteiger partial charge in [-0.3, -0.25) is 9.59 Å². The van der Waals surface area contributed by atoms with Crippen molar-refractivity contribution >= 4 is 34.8 Å². The molecule has 9 heteroatoms. The molecule has 0 unspecified atom stereocenters. The molecule has 0 saturated carbocycles. The van der Waals surface area contributed by atoms with Crippen molar-refractivity contribution in [3.05, 3.63) is 62.3 Å². The average molecular weight is 382 g/mol. The summed E-state index contributed by atoms with van der Waals surface area (Å²) in [6.45, 7) is 3.53. The SMILES string of the molecule is CCn1c(=O)c(C=Cc2ncc([N+](=O)[O-])n2C)c(OC(C)=O)c2ccccc21. The zero-order valence-corrected chi connectivity index (χ0v) is 15.6. The number of pyridine rings is 1. The van der Waals surface area contributed by atoms with Crippen molar-refractivity contribution < 1.29 is 14.5 Å². The van der Waals surface area contributed by atoms with Gasteiger partial charge >= 0.3 is 11.8 Å². The lowest BCUT2D eigenvalue weighted by atomic mass is 10.1. The number of nitro groups is 1. The highest BCUT2D eigenvalue weighted by molar-refractivity contribution is 5.92. The molecule has 0 bridgehead atoms. The summed E-state index contributed by atoms with van der Waals surface area (Å²) in [6, 6.07) is 7.13. The molecule has 1 aromatic carbocycles. The second kappa shape index (κ2) is 7.47. The van der Waals surface area contributed by atoms with Gasteiger partial charge in [-0.05, 0) is 30.1 Å². The Hall–Kier alpha value is -3.75. The van der Waals surface area contributed by atoms with Crippen LogP contribution in [0.3, 0.4) is 0 Å². The van der Waals surface area contributed by atoms with Crippen molar-refractivity contribution in [3.63, 3.8) is 0 Å². The molecule has 0 radical (unpaired) electrons. The maximum Gasteiger partial charge on any atom is 0.342 e. The summed E-state index contributed by atoms with van der Waals surface area (Å²) < 4.78 is 8.23. The van der Waals surface area contributed by atoms with Crippen molar-refractivity contribution in [2.45, 2.75) is 20.4 Å². The topological polar surface area (TPSA) is 109 Å². The molecule has 2 heterocycles. The summed E-state index contributed by atoms with van der Waals surface area (Å²) in [5, 5.41) is 11.6. The van der Waals surface area contributed by atoms with Gasteiger partial charge in [-0.2, -0.15) is 0 Å². The van der Waals surface area contributed by atoms with Crippen LogP contribution in [-0.2, 0) is 18.4 Å². The van der Waals surface area contributed by atoms with Crippen molar-refractivity contribution in [2.75, 3.05) is 0 Å². The van der Waals surface area contributed by atoms with Crippen LogP contribution in [0.4, 0.5) is 5.82 Å². The fraction of sp³-hybridized carbons (Fsp3) is 0.211. The molecule has 0 aliphatic rings. The Balaban J connectivity index is 2.24. The van der Waals surface area contributed by atoms with E-state index in [1.165, 1.54) is 30.7 Å². The Labute approximate surface area is 159 Å². The van der Waals surface area contributed by atoms with Gasteiger partial charge in [-0.1, -0.05) is 12.1 Å². The molecule has 0 amide bonds. The minimum Gasteiger partial charge on any atom is -0.425 e. The molecule has 0 N–H and O–H groups in total. The van der Waals surface area contributed by atoms with E-state index < -0.39 is 10.9 Å². The van der Waals surface area contributed by atoms with E-state index in [2.05, 4.69) is 4.98 Å². The van der Waals surface area contributed by atoms with E-state index in [1.54, 1.807) is 28.8 Å². The first-order valence-electron chi connectivity index (χ1n) is 8.53. The van der Waals surface area contributed by atoms with Crippen LogP contribution in [0.5, 0.6) is 5.75 Å². The Morgan fingerprint density at radius 1 is 1.32 bits per heavy atom. The number of fused-ring (bicyclic) bond motifs is 1. The van der Waals surface area contributed by atoms with E-state index in [0.29, 0.717) is 17.4 Å². The first-order valence-corrected chi connectivity index (χ1v) is 8.53. The largest absolute Gasteiger partial charge is 0.425 e. The fourth-order valence-electron chi connectivity index (χ4n) is 3.01. The summed E-state index contributed by atoms with van der Waals surface area (Å²) in [7, 11) is 1.50. The lowest BCUT2D eigenvalue weighted by Crippen LogP contribution is -2.23. The first kappa shape index (κ1) is 19.0. The van der Waals surface area contributed by atoms with Crippen molar-refractivity contribution in [1.29, 1.82) is 0 Å². The van der Waals surface area contributed by atoms with Gasteiger partial charge in [-0.15, -0.1) is 0 Å². The van der Waals surface area contributed by atoms with Gasteiger partial charge in [0, 0.05) is 24.9 Å². The van der Waals surface area contributed by atoms with Crippen LogP contribution < -0.4 is 10.3 Å². The lowest BCUT2D eigenvalue weighted by Gasteiger charge is -2.14. The number of carbonyl (C=O) groups is 1. The third-order valence-electron chi connectivity index (χ3n) is 4.31. The number of carbonyl (C=O) groups excluding carboxylic acids is 1. The molecule has 144 valence electrons. The summed E-state index contributed by atoms with van der Waals surface area (Å²) in [5.41, 5.74) is 0.481. The molecule has 0 saturated heterocycles. The van der Waals surface area contributed by atoms with Crippen molar-refractivity contribution in [3.8, 4) is 5.75 Å². The maximum atomic E-state index is 13.0. The molecule has 0 atom stereocenters. The van der Waals surface area contributed by atoms with E-state index in [9.17, 15) is 19.7 Å². The third kappa shape index (κ3) is 3.29. The van der Waals surface area contributed by atoms with Crippen LogP contribution in [-0.4, -0.2) is 25.0 Å². The van der Waals surface area contributed by atoms with Crippen molar-refractivity contribution in [2.24, 2.45) is 7.05 Å². The Kier molecular flexibility index (Phi) is 5.08. The molecule has 0 spiro atoms. The number of imidazole rings is 1. The quantitative estimate of drug-likeness (QED) is 0.381. The van der Waals surface area contributed by atoms with Gasteiger partial charge in [0.1, 0.15) is 6.20 Å². The van der Waals surface area contributed by atoms with Crippen LogP contribution in [0, 0.1) is 10.1 Å². The summed E-state index contributed by atoms with van der Waals surface area (Å²) >= 11 is 0. The molecule has 0 fully saturated rings. The standard InChI is InChI=1S/C19H18N4O5/c1-4-22-15-8-6-5-7-13(15)18(28-12(2)24)14(19(22)25)9-10-16-20-11-17(21(16)3)23(26)27/h5-11H,4H2,1-3H3. The van der Waals surface area contributed by atoms with Gasteiger partial charge in [0.2, 0.25) is 5.82 Å². The number of nitrogens with zero attached hydrogens (tertiary/aromatic N) is 4. The number of aryl methyl sites for hydroxylation is 1. The maximum absolute atomic E-state index is 13.0. The number of esters is 1. The fourth-order valence-corrected chi connectivity index (χ4v) is 3.01. The molecule has 2 aromatic heterocycles. The highest BCUT2D eigenvalue weighted by Gasteiger charge is 2.18. The number of para-hydroxylation sites is 1. The van der Waals surface area contributed by atoms with Crippen LogP contribution in [0.1, 0.15) is 25.2 Å². The minimum absolute atomic E-state index is 0.151. The second-order valence-electron chi connectivity index (χ2n) is 6.03. The number of benzene rings is 1. The zero-order chi connectivity index (χ0) is 20.4. The monoisotopic (exact) mass is 382 g/mol. The highest BCUT2D eigenvalue weighted by atomic mass is 16.6. The molecule has 28 heavy (non-hydrogen) atoms. The Morgan fingerprint density at radius 2 is 2.04 bits per heavy atom. The first-order chi connectivity index (χ1) is 13.3. The van der Waals surface area contributed by atoms with Gasteiger partial charge < -0.3 is 19.4 Å². The van der Waals surface area contributed by atoms with Crippen molar-refractivity contribution in [1.82, 2.24) is 14.1 Å². The number of aromatic nitrogens is 3. The number of hydrogen-bond donors (Lipinski definition) is 0. The van der Waals surface area contributed by atoms with E-state index in [4.69, 9.17) is 4.74 Å². The molecule has 3 rings (SSSR count). The second-order valence-corrected chi connectivity index (χ2v) is 6.03. The molecular weight excluding hydrogens is 364 g/mol. The van der Waals surface area contributed by atoms with Crippen LogP contribution in [0.2, 0.25) is 0 Å². The Morgan fingerprint density at radius 3 is 2.64 bits per heavy atom. The van der Waals surface area contributed by atoms with Crippen LogP contribution >= 0.6 is 0 Å². The summed E-state index contributed by atoms with van der Waals surface area (Å²) in [5.74, 6) is -0.292. The van der Waals surface area contributed by atoms with Gasteiger partial charge in [0.25, 0.3) is 5.56 Å². The molecule has 0 aliphatic carbocycles. The lowest BCUT2D eigenvalue weighted by molar-refractivity contribution is -0.391. The number of ether oxygens (including phenoxy) is 1. The normalized spacial score (nSPS) is 11.2. The van der Waals surface area contributed by atoms with Crippen LogP contribution in [0.15, 0.2) is 35.3 Å². The van der Waals surface area contributed by atoms with Gasteiger partial charge in [0.05, 0.1) is 18.1 Å². The zero-order valence-electron chi connectivity index (χ0n) is 15.6. The predicted molar refractivity (Wildman–Crippen MR) is 104 cm³/mol. The minimum atomic E-state index is -0.555. The highest BCUT2D eigenvalue weighted by Crippen LogP contribution is 2.29. The molecular formula is C19H18N4O5. The van der Waals surface area contributed by atoms with E-state index in [-0.39, 0.29) is 28.5 Å². The predicted octanol–water partition coefficient (Wildman–Crippen LogP) is 2.76. The van der Waals surface area contributed by atoms with E-state index in [0.717, 1.165) is 6.20 Å². The molecule has 3 aromatic rings. The average Bonchev–Trinajstić information content (AvgIpc) is 3.02. The van der Waals surface area contributed by atoms with E-state index >= 15 is 0 Å². The van der Waals surface area contributed by atoms with Gasteiger partial charge in [0.15, 0.2) is 5.75 Å².